The van der Waals surface area contributed by atoms with E-state index in [0.29, 0.717) is 61.4 Å². The largest absolute Gasteiger partial charge is 0.481 e. The lowest BCUT2D eigenvalue weighted by Crippen LogP contribution is -2.62. The molecule has 1 heterocycles. The molecule has 6 heteroatoms. The number of hydrogen-bond acceptors (Lipinski definition) is 4. The van der Waals surface area contributed by atoms with Crippen LogP contribution in [0.25, 0.3) is 0 Å². The van der Waals surface area contributed by atoms with Crippen molar-refractivity contribution in [3.05, 3.63) is 0 Å². The average Bonchev–Trinajstić information content (AvgIpc) is 3.21. The summed E-state index contributed by atoms with van der Waals surface area (Å²) in [6, 6.07) is 0. The fraction of sp³-hybridized carbons (Fsp3) is 0.935. The monoisotopic (exact) mass is 517 g/mol. The van der Waals surface area contributed by atoms with Crippen molar-refractivity contribution in [1.82, 2.24) is 4.90 Å². The minimum absolute atomic E-state index is 0.108. The van der Waals surface area contributed by atoms with Gasteiger partial charge in [-0.3, -0.25) is 9.59 Å². The predicted octanol–water partition coefficient (Wildman–Crippen LogP) is 4.96. The van der Waals surface area contributed by atoms with Gasteiger partial charge in [-0.15, -0.1) is 0 Å². The molecule has 5 aliphatic rings. The summed E-state index contributed by atoms with van der Waals surface area (Å²) in [5.74, 6) is 2.11. The van der Waals surface area contributed by atoms with Crippen LogP contribution in [0.3, 0.4) is 0 Å². The van der Waals surface area contributed by atoms with Crippen LogP contribution < -0.4 is 0 Å². The van der Waals surface area contributed by atoms with Crippen LogP contribution in [0.1, 0.15) is 98.3 Å². The molecule has 3 N–H and O–H groups in total. The van der Waals surface area contributed by atoms with Crippen molar-refractivity contribution in [2.24, 2.45) is 58.2 Å². The second-order valence-corrected chi connectivity index (χ2v) is 14.3. The maximum absolute atomic E-state index is 12.5. The molecule has 1 unspecified atom stereocenters. The van der Waals surface area contributed by atoms with E-state index in [9.17, 15) is 24.9 Å². The summed E-state index contributed by atoms with van der Waals surface area (Å²) < 4.78 is 0. The Bertz CT molecular complexity index is 878. The number of amides is 1. The van der Waals surface area contributed by atoms with Crippen LogP contribution in [0.4, 0.5) is 0 Å². The number of rotatable bonds is 6. The molecule has 12 atom stereocenters. The molecule has 0 bridgehead atoms. The van der Waals surface area contributed by atoms with E-state index in [2.05, 4.69) is 27.7 Å². The van der Waals surface area contributed by atoms with E-state index in [1.165, 1.54) is 25.7 Å². The third kappa shape index (κ3) is 4.46. The number of likely N-dealkylation sites (tertiary alicyclic amines) is 1. The highest BCUT2D eigenvalue weighted by atomic mass is 16.4. The lowest BCUT2D eigenvalue weighted by atomic mass is 9.41. The third-order valence-corrected chi connectivity index (χ3v) is 12.9. The van der Waals surface area contributed by atoms with Crippen LogP contribution in [0.5, 0.6) is 0 Å². The lowest BCUT2D eigenvalue weighted by Gasteiger charge is -2.64. The van der Waals surface area contributed by atoms with Crippen LogP contribution in [0, 0.1) is 58.2 Å². The first-order valence-electron chi connectivity index (χ1n) is 15.4. The number of aliphatic hydroxyl groups is 2. The molecule has 6 nitrogen and oxygen atoms in total. The van der Waals surface area contributed by atoms with Crippen molar-refractivity contribution in [2.75, 3.05) is 13.1 Å². The summed E-state index contributed by atoms with van der Waals surface area (Å²) in [6.07, 6.45) is 9.88. The van der Waals surface area contributed by atoms with Crippen molar-refractivity contribution in [3.63, 3.8) is 0 Å². The van der Waals surface area contributed by atoms with Crippen LogP contribution in [0.2, 0.25) is 0 Å². The molecule has 0 aromatic carbocycles. The minimum Gasteiger partial charge on any atom is -0.481 e. The molecule has 0 aromatic rings. The van der Waals surface area contributed by atoms with Crippen molar-refractivity contribution in [3.8, 4) is 0 Å². The molecular formula is C31H51NO5. The van der Waals surface area contributed by atoms with Crippen LogP contribution in [-0.4, -0.2) is 57.4 Å². The van der Waals surface area contributed by atoms with Crippen LogP contribution in [0.15, 0.2) is 0 Å². The smallest absolute Gasteiger partial charge is 0.308 e. The van der Waals surface area contributed by atoms with Gasteiger partial charge in [0, 0.05) is 19.5 Å². The Hall–Kier alpha value is -1.14. The number of aliphatic carboxylic acids is 1. The van der Waals surface area contributed by atoms with Gasteiger partial charge in [-0.25, -0.2) is 0 Å². The van der Waals surface area contributed by atoms with Crippen LogP contribution in [-0.2, 0) is 9.59 Å². The van der Waals surface area contributed by atoms with Gasteiger partial charge in [0.1, 0.15) is 0 Å². The average molecular weight is 518 g/mol. The van der Waals surface area contributed by atoms with Gasteiger partial charge in [0.05, 0.1) is 18.1 Å². The molecule has 37 heavy (non-hydrogen) atoms. The topological polar surface area (TPSA) is 98.1 Å². The van der Waals surface area contributed by atoms with Gasteiger partial charge in [-0.05, 0) is 110 Å². The molecule has 210 valence electrons. The van der Waals surface area contributed by atoms with Gasteiger partial charge in [-0.1, -0.05) is 34.1 Å². The van der Waals surface area contributed by atoms with E-state index < -0.39 is 11.9 Å². The molecule has 4 saturated carbocycles. The molecule has 1 amide bonds. The Morgan fingerprint density at radius 1 is 1.03 bits per heavy atom. The normalized spacial score (nSPS) is 48.6. The standard InChI is InChI=1S/C31H51NO5/c1-5-21-25-16-20(33)10-13-31(25,4)24-11-14-30(3)22(7-8-23(30)27(24)28(21)35)18(2)12-15-32-17-19(29(36)37)6-9-26(32)34/h18-25,27-28,33,35H,5-17H2,1-4H3,(H,36,37)/t18-,19?,20-,21-,22-,23+,24+,25+,27+,28-,30-,31-/m1/s1. The maximum Gasteiger partial charge on any atom is 0.308 e. The van der Waals surface area contributed by atoms with Crippen molar-refractivity contribution in [2.45, 2.75) is 111 Å². The third-order valence-electron chi connectivity index (χ3n) is 12.9. The molecule has 0 radical (unpaired) electrons. The summed E-state index contributed by atoms with van der Waals surface area (Å²) in [7, 11) is 0. The van der Waals surface area contributed by atoms with Crippen molar-refractivity contribution >= 4 is 11.9 Å². The second-order valence-electron chi connectivity index (χ2n) is 14.3. The summed E-state index contributed by atoms with van der Waals surface area (Å²) in [6.45, 7) is 10.6. The van der Waals surface area contributed by atoms with Gasteiger partial charge >= 0.3 is 5.97 Å². The molecule has 0 aromatic heterocycles. The van der Waals surface area contributed by atoms with Gasteiger partial charge < -0.3 is 20.2 Å². The number of aliphatic hydroxyl groups excluding tert-OH is 2. The number of nitrogens with zero attached hydrogens (tertiary/aromatic N) is 1. The van der Waals surface area contributed by atoms with Crippen LogP contribution >= 0.6 is 0 Å². The first-order valence-corrected chi connectivity index (χ1v) is 15.4. The molecule has 0 spiro atoms. The molecular weight excluding hydrogens is 466 g/mol. The molecule has 1 aliphatic heterocycles. The zero-order valence-electron chi connectivity index (χ0n) is 23.6. The van der Waals surface area contributed by atoms with E-state index in [1.807, 2.05) is 0 Å². The van der Waals surface area contributed by atoms with Crippen molar-refractivity contribution < 1.29 is 24.9 Å². The van der Waals surface area contributed by atoms with E-state index in [4.69, 9.17) is 0 Å². The molecule has 4 aliphatic carbocycles. The zero-order chi connectivity index (χ0) is 26.7. The highest BCUT2D eigenvalue weighted by Crippen LogP contribution is 2.69. The number of carbonyl (C=O) groups is 2. The van der Waals surface area contributed by atoms with E-state index in [1.54, 1.807) is 4.90 Å². The highest BCUT2D eigenvalue weighted by molar-refractivity contribution is 5.80. The SMILES string of the molecule is CC[C@H]1[C@@H](O)[C@@H]2[C@H](CC[C@]3(C)[C@@H]([C@H](C)CCN4CC(C(=O)O)CCC4=O)CC[C@@H]23)[C@@]2(C)CC[C@@H](O)C[C@@H]12. The van der Waals surface area contributed by atoms with E-state index in [-0.39, 0.29) is 34.9 Å². The van der Waals surface area contributed by atoms with Crippen molar-refractivity contribution in [1.29, 1.82) is 0 Å². The number of fused-ring (bicyclic) bond motifs is 5. The Morgan fingerprint density at radius 2 is 1.73 bits per heavy atom. The number of carboxylic acid groups (broad SMARTS) is 1. The molecule has 1 saturated heterocycles. The Morgan fingerprint density at radius 3 is 2.43 bits per heavy atom. The first-order chi connectivity index (χ1) is 17.5. The number of piperidine rings is 1. The molecule has 5 rings (SSSR count). The maximum atomic E-state index is 12.5. The van der Waals surface area contributed by atoms with Gasteiger partial charge in [0.15, 0.2) is 0 Å². The summed E-state index contributed by atoms with van der Waals surface area (Å²) >= 11 is 0. The summed E-state index contributed by atoms with van der Waals surface area (Å²) in [5, 5.41) is 31.8. The summed E-state index contributed by atoms with van der Waals surface area (Å²) in [4.78, 5) is 25.8. The fourth-order valence-corrected chi connectivity index (χ4v) is 10.8. The Labute approximate surface area is 223 Å². The number of carbonyl (C=O) groups excluding carboxylic acids is 1. The first kappa shape index (κ1) is 27.4. The van der Waals surface area contributed by atoms with E-state index >= 15 is 0 Å². The van der Waals surface area contributed by atoms with E-state index in [0.717, 1.165) is 32.1 Å². The second kappa shape index (κ2) is 10.1. The van der Waals surface area contributed by atoms with Gasteiger partial charge in [0.25, 0.3) is 0 Å². The summed E-state index contributed by atoms with van der Waals surface area (Å²) in [5.41, 5.74) is 0.441. The van der Waals surface area contributed by atoms with Gasteiger partial charge in [0.2, 0.25) is 5.91 Å². The number of carboxylic acids is 1. The molecule has 5 fully saturated rings. The minimum atomic E-state index is -0.784. The quantitative estimate of drug-likeness (QED) is 0.462. The Balaban J connectivity index is 1.30. The zero-order valence-corrected chi connectivity index (χ0v) is 23.6. The number of hydrogen-bond donors (Lipinski definition) is 3. The van der Waals surface area contributed by atoms with Gasteiger partial charge in [-0.2, -0.15) is 0 Å². The predicted molar refractivity (Wildman–Crippen MR) is 142 cm³/mol. The highest BCUT2D eigenvalue weighted by Gasteiger charge is 2.64. The fourth-order valence-electron chi connectivity index (χ4n) is 10.8. The Kier molecular flexibility index (Phi) is 7.50. The lowest BCUT2D eigenvalue weighted by molar-refractivity contribution is -0.203.